The van der Waals surface area contributed by atoms with Crippen molar-refractivity contribution in [1.82, 2.24) is 15.2 Å². The van der Waals surface area contributed by atoms with Crippen molar-refractivity contribution in [1.29, 1.82) is 0 Å². The number of nitrogens with zero attached hydrogens (tertiary/aromatic N) is 2. The number of carbonyl (C=O) groups is 4. The van der Waals surface area contributed by atoms with Crippen molar-refractivity contribution in [2.24, 2.45) is 29.6 Å². The number of Topliss-reactive ketones (excluding diaryl/α,β-unsaturated/α-hetero) is 1. The minimum Gasteiger partial charge on any atom is -0.458 e. The Kier molecular flexibility index (Phi) is 18.3. The van der Waals surface area contributed by atoms with Gasteiger partial charge in [-0.25, -0.2) is 0 Å². The van der Waals surface area contributed by atoms with E-state index >= 15 is 4.79 Å². The second-order valence-corrected chi connectivity index (χ2v) is 21.1. The molecule has 2 unspecified atom stereocenters. The Bertz CT molecular complexity index is 1810. The van der Waals surface area contributed by atoms with Crippen LogP contribution in [0.3, 0.4) is 0 Å². The summed E-state index contributed by atoms with van der Waals surface area (Å²) in [7, 11) is 6.80. The van der Waals surface area contributed by atoms with Crippen molar-refractivity contribution in [3.05, 3.63) is 30.1 Å². The average Bonchev–Trinajstić information content (AvgIpc) is 3.55. The number of nitrogens with one attached hydrogen (secondary N) is 1. The lowest BCUT2D eigenvalue weighted by Crippen LogP contribution is -2.61. The molecule has 4 fully saturated rings. The van der Waals surface area contributed by atoms with Gasteiger partial charge in [0.25, 0.3) is 0 Å². The number of hydrogen-bond acceptors (Lipinski definition) is 17. The minimum atomic E-state index is -1.48. The normalized spacial score (nSPS) is 42.8. The van der Waals surface area contributed by atoms with Crippen LogP contribution < -0.4 is 5.32 Å². The predicted octanol–water partition coefficient (Wildman–Crippen LogP) is 4.07. The standard InChI is InChI=1S/C48H77N3O14S/c1-15-33-48(10)36(40(44(57)65-48)66-24-34(52)50-23-31-18-16-17-19-49-31)27(4)37(53)25(2)21-47(9,59-14)42(64-45-38(54)32(51(11)12)20-26(3)60-45)28(5)39(29(6)43(56)62-33)63-35-22-46(8,58-13)41(55)30(7)61-35/h16-19,25-30,32-33,35-36,38-42,45,54-55H,15,20-24H2,1-14H3,(H,50,52)/t25-,26-,27+,28+,29-,30-,32+,33-,35+,36?,38-,39+,40?,41+,42-,45+,46-,47-,48-/m1/s1. The van der Waals surface area contributed by atoms with Gasteiger partial charge in [0.05, 0.1) is 59.5 Å². The van der Waals surface area contributed by atoms with E-state index in [-0.39, 0.29) is 55.4 Å². The molecule has 4 aliphatic heterocycles. The molecule has 4 saturated heterocycles. The number of ketones is 1. The zero-order chi connectivity index (χ0) is 49.1. The number of amides is 1. The lowest BCUT2D eigenvalue weighted by molar-refractivity contribution is -0.319. The van der Waals surface area contributed by atoms with Crippen molar-refractivity contribution >= 4 is 35.4 Å². The van der Waals surface area contributed by atoms with E-state index in [2.05, 4.69) is 10.3 Å². The summed E-state index contributed by atoms with van der Waals surface area (Å²) in [5, 5.41) is 24.8. The summed E-state index contributed by atoms with van der Waals surface area (Å²) in [5.41, 5.74) is -3.16. The van der Waals surface area contributed by atoms with Crippen LogP contribution >= 0.6 is 11.8 Å². The van der Waals surface area contributed by atoms with E-state index in [0.29, 0.717) is 12.1 Å². The van der Waals surface area contributed by atoms with Crippen LogP contribution in [0.1, 0.15) is 101 Å². The number of hydrogen-bond donors (Lipinski definition) is 3. The molecule has 0 bridgehead atoms. The number of thioether (sulfide) groups is 1. The van der Waals surface area contributed by atoms with Gasteiger partial charge in [-0.1, -0.05) is 33.8 Å². The molecule has 4 aliphatic rings. The zero-order valence-electron chi connectivity index (χ0n) is 41.4. The second-order valence-electron chi connectivity index (χ2n) is 19.9. The topological polar surface area (TPSA) is 211 Å². The van der Waals surface area contributed by atoms with Crippen LogP contribution in [0.25, 0.3) is 0 Å². The number of esters is 2. The Morgan fingerprint density at radius 2 is 1.62 bits per heavy atom. The lowest BCUT2D eigenvalue weighted by Gasteiger charge is -2.50. The molecule has 5 rings (SSSR count). The molecule has 0 saturated carbocycles. The highest BCUT2D eigenvalue weighted by Crippen LogP contribution is 2.49. The van der Waals surface area contributed by atoms with Gasteiger partial charge in [-0.15, -0.1) is 11.8 Å². The number of carbonyl (C=O) groups excluding carboxylic acids is 4. The van der Waals surface area contributed by atoms with Crippen molar-refractivity contribution < 1.29 is 67.3 Å². The number of pyridine rings is 1. The first kappa shape index (κ1) is 54.2. The van der Waals surface area contributed by atoms with Gasteiger partial charge in [-0.05, 0) is 87.0 Å². The monoisotopic (exact) mass is 952 g/mol. The Balaban J connectivity index is 1.58. The fraction of sp³-hybridized carbons (Fsp3) is 0.812. The maximum Gasteiger partial charge on any atom is 0.320 e. The van der Waals surface area contributed by atoms with Crippen LogP contribution in [0, 0.1) is 29.6 Å². The highest BCUT2D eigenvalue weighted by atomic mass is 32.2. The molecule has 0 radical (unpaired) electrons. The van der Waals surface area contributed by atoms with Gasteiger partial charge < -0.3 is 58.3 Å². The van der Waals surface area contributed by atoms with E-state index in [1.54, 1.807) is 52.9 Å². The Hall–Kier alpha value is -2.78. The first-order chi connectivity index (χ1) is 30.9. The van der Waals surface area contributed by atoms with Gasteiger partial charge in [0.1, 0.15) is 29.3 Å². The van der Waals surface area contributed by atoms with Gasteiger partial charge in [0.15, 0.2) is 18.2 Å². The maximum absolute atomic E-state index is 15.0. The molecule has 1 amide bonds. The fourth-order valence-electron chi connectivity index (χ4n) is 10.8. The van der Waals surface area contributed by atoms with E-state index in [1.807, 2.05) is 59.7 Å². The number of aliphatic hydroxyl groups excluding tert-OH is 2. The summed E-state index contributed by atoms with van der Waals surface area (Å²) in [6, 6.07) is 5.09. The Morgan fingerprint density at radius 3 is 2.23 bits per heavy atom. The molecule has 0 aliphatic carbocycles. The SMILES string of the molecule is CC[C@H]1OC(=O)[C@H](C)[C@@H](O[C@H]2C[C@@](C)(OC)[C@@H](O)[C@@H](C)O2)[C@H](C)[C@@H](O[C@@H]2O[C@H](C)C[C@H](N(C)C)[C@H]2O)[C@](C)(OC)C[C@@H](C)C(=O)[C@@H](C)C2C(SCC(=O)NCc3ccccn3)C(=O)O[C@@]21C. The summed E-state index contributed by atoms with van der Waals surface area (Å²) >= 11 is 1.09. The number of cyclic esters (lactones) is 1. The van der Waals surface area contributed by atoms with E-state index in [4.69, 9.17) is 37.9 Å². The molecule has 18 heteroatoms. The molecule has 5 heterocycles. The number of likely N-dealkylation sites (N-methyl/N-ethyl adjacent to an activating group) is 1. The van der Waals surface area contributed by atoms with E-state index in [1.165, 1.54) is 14.2 Å². The molecule has 17 nitrogen and oxygen atoms in total. The summed E-state index contributed by atoms with van der Waals surface area (Å²) < 4.78 is 51.4. The van der Waals surface area contributed by atoms with Gasteiger partial charge in [-0.3, -0.25) is 24.2 Å². The van der Waals surface area contributed by atoms with Gasteiger partial charge >= 0.3 is 11.9 Å². The molecular formula is C48H77N3O14S. The molecule has 0 aromatic carbocycles. The smallest absolute Gasteiger partial charge is 0.320 e. The second kappa shape index (κ2) is 22.3. The molecule has 374 valence electrons. The minimum absolute atomic E-state index is 0.107. The predicted molar refractivity (Wildman–Crippen MR) is 245 cm³/mol. The lowest BCUT2D eigenvalue weighted by atomic mass is 9.70. The van der Waals surface area contributed by atoms with Crippen LogP contribution in [0.5, 0.6) is 0 Å². The highest BCUT2D eigenvalue weighted by molar-refractivity contribution is 8.01. The molecule has 66 heavy (non-hydrogen) atoms. The number of fused-ring (bicyclic) bond motifs is 1. The number of rotatable bonds is 13. The van der Waals surface area contributed by atoms with E-state index in [9.17, 15) is 24.6 Å². The third kappa shape index (κ3) is 11.6. The molecule has 1 aromatic rings. The van der Waals surface area contributed by atoms with Crippen molar-refractivity contribution in [3.63, 3.8) is 0 Å². The number of ether oxygens (including phenoxy) is 8. The highest BCUT2D eigenvalue weighted by Gasteiger charge is 2.62. The zero-order valence-corrected chi connectivity index (χ0v) is 42.2. The summed E-state index contributed by atoms with van der Waals surface area (Å²) in [4.78, 5) is 63.4. The Morgan fingerprint density at radius 1 is 0.939 bits per heavy atom. The number of aliphatic hydroxyl groups is 2. The molecule has 0 spiro atoms. The van der Waals surface area contributed by atoms with Crippen molar-refractivity contribution in [2.75, 3.05) is 34.1 Å². The number of aromatic nitrogens is 1. The van der Waals surface area contributed by atoms with Crippen LogP contribution in [-0.4, -0.2) is 161 Å². The molecule has 19 atom stereocenters. The maximum atomic E-state index is 15.0. The van der Waals surface area contributed by atoms with Crippen LogP contribution in [0.4, 0.5) is 0 Å². The van der Waals surface area contributed by atoms with Gasteiger partial charge in [-0.2, -0.15) is 0 Å². The van der Waals surface area contributed by atoms with Gasteiger partial charge in [0, 0.05) is 56.6 Å². The molecule has 3 N–H and O–H groups in total. The average molecular weight is 952 g/mol. The van der Waals surface area contributed by atoms with Crippen LogP contribution in [0.15, 0.2) is 24.4 Å². The van der Waals surface area contributed by atoms with E-state index < -0.39 is 113 Å². The third-order valence-electron chi connectivity index (χ3n) is 14.9. The van der Waals surface area contributed by atoms with Crippen molar-refractivity contribution in [2.45, 2.75) is 185 Å². The van der Waals surface area contributed by atoms with Crippen LogP contribution in [0.2, 0.25) is 0 Å². The number of methoxy groups -OCH3 is 2. The molecular weight excluding hydrogens is 875 g/mol. The van der Waals surface area contributed by atoms with Crippen LogP contribution in [-0.2, 0) is 63.6 Å². The summed E-state index contributed by atoms with van der Waals surface area (Å²) in [6.45, 7) is 18.1. The first-order valence-electron chi connectivity index (χ1n) is 23.4. The molecule has 1 aromatic heterocycles. The van der Waals surface area contributed by atoms with E-state index in [0.717, 1.165) is 11.8 Å². The fourth-order valence-corrected chi connectivity index (χ4v) is 12.1. The first-order valence-corrected chi connectivity index (χ1v) is 24.5. The summed E-state index contributed by atoms with van der Waals surface area (Å²) in [5.74, 6) is -6.05. The van der Waals surface area contributed by atoms with Crippen molar-refractivity contribution in [3.8, 4) is 0 Å². The summed E-state index contributed by atoms with van der Waals surface area (Å²) in [6.07, 6.45) is -5.60. The quantitative estimate of drug-likeness (QED) is 0.238. The Labute approximate surface area is 395 Å². The van der Waals surface area contributed by atoms with Gasteiger partial charge in [0.2, 0.25) is 5.91 Å². The largest absolute Gasteiger partial charge is 0.458 e. The third-order valence-corrected chi connectivity index (χ3v) is 16.1.